The van der Waals surface area contributed by atoms with Crippen LogP contribution < -0.4 is 10.6 Å². The van der Waals surface area contributed by atoms with Gasteiger partial charge in [0.25, 0.3) is 0 Å². The van der Waals surface area contributed by atoms with E-state index < -0.39 is 35.5 Å². The van der Waals surface area contributed by atoms with Gasteiger partial charge in [0.05, 0.1) is 0 Å². The van der Waals surface area contributed by atoms with Crippen molar-refractivity contribution in [2.45, 2.75) is 24.9 Å². The molecule has 0 atom stereocenters. The number of carbonyl (C=O) groups excluding carboxylic acids is 2. The average Bonchev–Trinajstić information content (AvgIpc) is 2.38. The Bertz CT molecular complexity index is 596. The van der Waals surface area contributed by atoms with Crippen LogP contribution in [0.3, 0.4) is 0 Å². The molecule has 11 heteroatoms. The van der Waals surface area contributed by atoms with Gasteiger partial charge in [-0.25, -0.2) is 0 Å². The standard InChI is InChI=1S/C12H9F7N2O2/c1-6(22)20-7-2-4-8(5-3-7)21-9(23)10(13,14)11(15,16)12(17,18)19/h2-5H,1H3,(H,20,22)(H,21,23). The number of carbonyl (C=O) groups is 2. The van der Waals surface area contributed by atoms with Crippen LogP contribution in [-0.2, 0) is 9.59 Å². The van der Waals surface area contributed by atoms with Crippen LogP contribution in [0, 0.1) is 0 Å². The minimum absolute atomic E-state index is 0.197. The second-order valence-electron chi connectivity index (χ2n) is 4.36. The molecule has 0 aromatic heterocycles. The largest absolute Gasteiger partial charge is 0.460 e. The molecule has 1 rings (SSSR count). The molecule has 128 valence electrons. The van der Waals surface area contributed by atoms with Crippen molar-refractivity contribution in [3.05, 3.63) is 24.3 Å². The Morgan fingerprint density at radius 2 is 1.22 bits per heavy atom. The molecule has 0 saturated heterocycles. The van der Waals surface area contributed by atoms with E-state index in [0.717, 1.165) is 24.3 Å². The molecule has 0 aliphatic rings. The van der Waals surface area contributed by atoms with E-state index in [1.165, 1.54) is 12.2 Å². The summed E-state index contributed by atoms with van der Waals surface area (Å²) >= 11 is 0. The number of rotatable bonds is 4. The van der Waals surface area contributed by atoms with Crippen molar-refractivity contribution in [2.75, 3.05) is 10.6 Å². The molecule has 0 aliphatic heterocycles. The van der Waals surface area contributed by atoms with Gasteiger partial charge in [0.15, 0.2) is 0 Å². The lowest BCUT2D eigenvalue weighted by molar-refractivity contribution is -0.343. The third-order valence-corrected chi connectivity index (χ3v) is 2.50. The van der Waals surface area contributed by atoms with Crippen molar-refractivity contribution in [3.63, 3.8) is 0 Å². The molecule has 2 amide bonds. The molecule has 0 fully saturated rings. The van der Waals surface area contributed by atoms with Crippen molar-refractivity contribution >= 4 is 23.2 Å². The Kier molecular flexibility index (Phi) is 4.92. The molecule has 0 spiro atoms. The van der Waals surface area contributed by atoms with Gasteiger partial charge in [-0.05, 0) is 24.3 Å². The summed E-state index contributed by atoms with van der Waals surface area (Å²) < 4.78 is 87.4. The van der Waals surface area contributed by atoms with Gasteiger partial charge in [-0.2, -0.15) is 30.7 Å². The second kappa shape index (κ2) is 6.05. The Morgan fingerprint density at radius 3 is 1.57 bits per heavy atom. The van der Waals surface area contributed by atoms with Gasteiger partial charge in [0.1, 0.15) is 0 Å². The van der Waals surface area contributed by atoms with Gasteiger partial charge in [0, 0.05) is 18.3 Å². The predicted octanol–water partition coefficient (Wildman–Crippen LogP) is 3.42. The van der Waals surface area contributed by atoms with Gasteiger partial charge in [0.2, 0.25) is 5.91 Å². The minimum Gasteiger partial charge on any atom is -0.326 e. The molecule has 0 saturated carbocycles. The third-order valence-electron chi connectivity index (χ3n) is 2.50. The van der Waals surface area contributed by atoms with Gasteiger partial charge in [-0.15, -0.1) is 0 Å². The van der Waals surface area contributed by atoms with E-state index in [-0.39, 0.29) is 5.69 Å². The monoisotopic (exact) mass is 346 g/mol. The Balaban J connectivity index is 2.92. The van der Waals surface area contributed by atoms with Gasteiger partial charge < -0.3 is 10.6 Å². The van der Waals surface area contributed by atoms with Crippen LogP contribution in [0.1, 0.15) is 6.92 Å². The fourth-order valence-corrected chi connectivity index (χ4v) is 1.37. The zero-order chi connectivity index (χ0) is 18.1. The molecule has 0 bridgehead atoms. The molecule has 0 aliphatic carbocycles. The van der Waals surface area contributed by atoms with Crippen molar-refractivity contribution in [3.8, 4) is 0 Å². The Labute approximate surface area is 124 Å². The summed E-state index contributed by atoms with van der Waals surface area (Å²) in [7, 11) is 0. The highest BCUT2D eigenvalue weighted by Gasteiger charge is 2.76. The molecule has 1 aromatic rings. The highest BCUT2D eigenvalue weighted by molar-refractivity contribution is 5.97. The summed E-state index contributed by atoms with van der Waals surface area (Å²) in [5.74, 6) is -15.8. The highest BCUT2D eigenvalue weighted by Crippen LogP contribution is 2.46. The van der Waals surface area contributed by atoms with E-state index in [1.54, 1.807) is 0 Å². The number of alkyl halides is 7. The lowest BCUT2D eigenvalue weighted by Crippen LogP contribution is -2.57. The molecular formula is C12H9F7N2O2. The topological polar surface area (TPSA) is 58.2 Å². The second-order valence-corrected chi connectivity index (χ2v) is 4.36. The first kappa shape index (κ1) is 18.7. The van der Waals surface area contributed by atoms with Crippen LogP contribution in [-0.4, -0.2) is 29.8 Å². The maximum atomic E-state index is 13.1. The van der Waals surface area contributed by atoms with Crippen LogP contribution >= 0.6 is 0 Å². The summed E-state index contributed by atoms with van der Waals surface area (Å²) in [5, 5.41) is 3.55. The lowest BCUT2D eigenvalue weighted by atomic mass is 10.1. The first-order chi connectivity index (χ1) is 10.3. The fraction of sp³-hybridized carbons (Fsp3) is 0.333. The molecule has 23 heavy (non-hydrogen) atoms. The number of halogens is 7. The Hall–Kier alpha value is -2.33. The maximum Gasteiger partial charge on any atom is 0.460 e. The molecule has 0 heterocycles. The van der Waals surface area contributed by atoms with Crippen molar-refractivity contribution in [1.82, 2.24) is 0 Å². The number of benzene rings is 1. The number of hydrogen-bond acceptors (Lipinski definition) is 2. The summed E-state index contributed by atoms with van der Waals surface area (Å²) in [4.78, 5) is 21.8. The molecular weight excluding hydrogens is 337 g/mol. The molecule has 2 N–H and O–H groups in total. The van der Waals surface area contributed by atoms with Crippen LogP contribution in [0.2, 0.25) is 0 Å². The van der Waals surface area contributed by atoms with Crippen molar-refractivity contribution in [1.29, 1.82) is 0 Å². The van der Waals surface area contributed by atoms with Gasteiger partial charge in [-0.1, -0.05) is 0 Å². The minimum atomic E-state index is -6.59. The Morgan fingerprint density at radius 1 is 0.826 bits per heavy atom. The van der Waals surface area contributed by atoms with Gasteiger partial charge >= 0.3 is 23.9 Å². The van der Waals surface area contributed by atoms with Crippen LogP contribution in [0.4, 0.5) is 42.1 Å². The van der Waals surface area contributed by atoms with Crippen molar-refractivity contribution in [2.24, 2.45) is 0 Å². The molecule has 0 radical (unpaired) electrons. The van der Waals surface area contributed by atoms with Gasteiger partial charge in [-0.3, -0.25) is 9.59 Å². The molecule has 4 nitrogen and oxygen atoms in total. The first-order valence-electron chi connectivity index (χ1n) is 5.80. The number of nitrogens with one attached hydrogen (secondary N) is 2. The van der Waals surface area contributed by atoms with E-state index in [2.05, 4.69) is 5.32 Å². The van der Waals surface area contributed by atoms with E-state index in [1.807, 2.05) is 0 Å². The number of amides is 2. The predicted molar refractivity (Wildman–Crippen MR) is 65.3 cm³/mol. The fourth-order valence-electron chi connectivity index (χ4n) is 1.37. The smallest absolute Gasteiger partial charge is 0.326 e. The summed E-state index contributed by atoms with van der Waals surface area (Å²) in [6.45, 7) is 1.18. The zero-order valence-corrected chi connectivity index (χ0v) is 11.3. The van der Waals surface area contributed by atoms with Crippen LogP contribution in [0.25, 0.3) is 0 Å². The summed E-state index contributed by atoms with van der Waals surface area (Å²) in [6, 6.07) is 4.12. The van der Waals surface area contributed by atoms with E-state index in [0.29, 0.717) is 0 Å². The summed E-state index contributed by atoms with van der Waals surface area (Å²) in [6.07, 6.45) is -6.59. The SMILES string of the molecule is CC(=O)Nc1ccc(NC(=O)C(F)(F)C(F)(F)C(F)(F)F)cc1. The summed E-state index contributed by atoms with van der Waals surface area (Å²) in [5.41, 5.74) is -0.260. The van der Waals surface area contributed by atoms with Crippen LogP contribution in [0.5, 0.6) is 0 Å². The van der Waals surface area contributed by atoms with E-state index in [4.69, 9.17) is 0 Å². The normalized spacial score (nSPS) is 12.7. The highest BCUT2D eigenvalue weighted by atomic mass is 19.4. The van der Waals surface area contributed by atoms with E-state index >= 15 is 0 Å². The number of anilines is 2. The molecule has 0 unspecified atom stereocenters. The van der Waals surface area contributed by atoms with E-state index in [9.17, 15) is 40.3 Å². The lowest BCUT2D eigenvalue weighted by Gasteiger charge is -2.27. The third kappa shape index (κ3) is 3.90. The average molecular weight is 346 g/mol. The number of hydrogen-bond donors (Lipinski definition) is 2. The zero-order valence-electron chi connectivity index (χ0n) is 11.3. The quantitative estimate of drug-likeness (QED) is 0.821. The first-order valence-corrected chi connectivity index (χ1v) is 5.80. The molecule has 1 aromatic carbocycles. The maximum absolute atomic E-state index is 13.1. The van der Waals surface area contributed by atoms with Crippen LogP contribution in [0.15, 0.2) is 24.3 Å². The van der Waals surface area contributed by atoms with Crippen molar-refractivity contribution < 1.29 is 40.3 Å².